The summed E-state index contributed by atoms with van der Waals surface area (Å²) in [5.41, 5.74) is 0. The van der Waals surface area contributed by atoms with Crippen LogP contribution in [0.15, 0.2) is 12.2 Å². The molecule has 5 nitrogen and oxygen atoms in total. The van der Waals surface area contributed by atoms with Crippen molar-refractivity contribution in [3.63, 3.8) is 0 Å². The number of allylic oxidation sites excluding steroid dienone is 2. The highest BCUT2D eigenvalue weighted by Crippen LogP contribution is 2.23. The smallest absolute Gasteiger partial charge is 0.226 e. The summed E-state index contributed by atoms with van der Waals surface area (Å²) in [4.78, 5) is 14.4. The second kappa shape index (κ2) is 5.15. The fourth-order valence-electron chi connectivity index (χ4n) is 2.94. The lowest BCUT2D eigenvalue weighted by molar-refractivity contribution is -0.137. The summed E-state index contributed by atoms with van der Waals surface area (Å²) >= 11 is 0. The molecule has 3 rings (SSSR count). The number of fused-ring (bicyclic) bond motifs is 1. The van der Waals surface area contributed by atoms with Gasteiger partial charge in [-0.3, -0.25) is 4.79 Å². The van der Waals surface area contributed by atoms with Gasteiger partial charge in [0.1, 0.15) is 5.82 Å². The monoisotopic (exact) mass is 260 g/mol. The molecule has 1 aliphatic heterocycles. The number of carbonyl (C=O) groups excluding carboxylic acids is 1. The van der Waals surface area contributed by atoms with Crippen molar-refractivity contribution >= 4 is 5.91 Å². The van der Waals surface area contributed by atoms with Crippen LogP contribution in [0.25, 0.3) is 0 Å². The Morgan fingerprint density at radius 2 is 2.26 bits per heavy atom. The molecule has 102 valence electrons. The number of aryl methyl sites for hydroxylation is 1. The van der Waals surface area contributed by atoms with Crippen molar-refractivity contribution in [1.29, 1.82) is 0 Å². The summed E-state index contributed by atoms with van der Waals surface area (Å²) < 4.78 is 2.16. The molecule has 1 aromatic rings. The largest absolute Gasteiger partial charge is 0.333 e. The van der Waals surface area contributed by atoms with Gasteiger partial charge in [0.15, 0.2) is 5.82 Å². The summed E-state index contributed by atoms with van der Waals surface area (Å²) in [5, 5.41) is 8.40. The van der Waals surface area contributed by atoms with Gasteiger partial charge in [0.25, 0.3) is 0 Å². The van der Waals surface area contributed by atoms with Gasteiger partial charge in [-0.15, -0.1) is 10.2 Å². The van der Waals surface area contributed by atoms with Gasteiger partial charge in [-0.25, -0.2) is 0 Å². The van der Waals surface area contributed by atoms with Crippen molar-refractivity contribution in [2.75, 3.05) is 6.54 Å². The SMILES string of the molecule is CCc1nnc2n1CCN(C(=O)C1CC=CCC1)C2. The molecule has 2 heterocycles. The van der Waals surface area contributed by atoms with Gasteiger partial charge in [0, 0.05) is 25.4 Å². The summed E-state index contributed by atoms with van der Waals surface area (Å²) in [7, 11) is 0. The molecule has 2 aliphatic rings. The third kappa shape index (κ3) is 2.29. The Balaban J connectivity index is 1.71. The maximum Gasteiger partial charge on any atom is 0.226 e. The first-order chi connectivity index (χ1) is 9.29. The van der Waals surface area contributed by atoms with Crippen LogP contribution in [0.2, 0.25) is 0 Å². The average Bonchev–Trinajstić information content (AvgIpc) is 2.89. The Kier molecular flexibility index (Phi) is 3.36. The van der Waals surface area contributed by atoms with Crippen molar-refractivity contribution < 1.29 is 4.79 Å². The zero-order chi connectivity index (χ0) is 13.2. The van der Waals surface area contributed by atoms with E-state index in [-0.39, 0.29) is 11.8 Å². The fourth-order valence-corrected chi connectivity index (χ4v) is 2.94. The van der Waals surface area contributed by atoms with Crippen molar-refractivity contribution in [2.45, 2.75) is 45.7 Å². The number of carbonyl (C=O) groups is 1. The van der Waals surface area contributed by atoms with E-state index < -0.39 is 0 Å². The van der Waals surface area contributed by atoms with E-state index in [1.807, 2.05) is 4.90 Å². The first-order valence-corrected chi connectivity index (χ1v) is 7.14. The van der Waals surface area contributed by atoms with Gasteiger partial charge >= 0.3 is 0 Å². The van der Waals surface area contributed by atoms with E-state index in [2.05, 4.69) is 33.8 Å². The predicted octanol–water partition coefficient (Wildman–Crippen LogP) is 1.54. The first kappa shape index (κ1) is 12.4. The van der Waals surface area contributed by atoms with Crippen molar-refractivity contribution in [2.24, 2.45) is 5.92 Å². The molecule has 1 amide bonds. The quantitative estimate of drug-likeness (QED) is 0.758. The number of rotatable bonds is 2. The second-order valence-electron chi connectivity index (χ2n) is 5.28. The summed E-state index contributed by atoms with van der Waals surface area (Å²) in [6.45, 7) is 4.33. The second-order valence-corrected chi connectivity index (χ2v) is 5.28. The number of hydrogen-bond acceptors (Lipinski definition) is 3. The highest BCUT2D eigenvalue weighted by molar-refractivity contribution is 5.79. The van der Waals surface area contributed by atoms with E-state index in [0.717, 1.165) is 50.4 Å². The van der Waals surface area contributed by atoms with Crippen LogP contribution in [-0.4, -0.2) is 32.1 Å². The average molecular weight is 260 g/mol. The number of amides is 1. The molecule has 0 radical (unpaired) electrons. The van der Waals surface area contributed by atoms with Crippen LogP contribution in [0, 0.1) is 5.92 Å². The molecule has 1 aliphatic carbocycles. The summed E-state index contributed by atoms with van der Waals surface area (Å²) in [6, 6.07) is 0. The van der Waals surface area contributed by atoms with Crippen LogP contribution in [0.3, 0.4) is 0 Å². The lowest BCUT2D eigenvalue weighted by Gasteiger charge is -2.31. The zero-order valence-electron chi connectivity index (χ0n) is 11.4. The predicted molar refractivity (Wildman–Crippen MR) is 71.3 cm³/mol. The lowest BCUT2D eigenvalue weighted by Crippen LogP contribution is -2.42. The summed E-state index contributed by atoms with van der Waals surface area (Å²) in [6.07, 6.45) is 8.10. The van der Waals surface area contributed by atoms with Crippen LogP contribution < -0.4 is 0 Å². The first-order valence-electron chi connectivity index (χ1n) is 7.14. The maximum atomic E-state index is 12.5. The van der Waals surface area contributed by atoms with Crippen molar-refractivity contribution in [3.05, 3.63) is 23.8 Å². The molecule has 19 heavy (non-hydrogen) atoms. The molecule has 1 aromatic heterocycles. The summed E-state index contributed by atoms with van der Waals surface area (Å²) in [5.74, 6) is 2.42. The molecule has 0 spiro atoms. The highest BCUT2D eigenvalue weighted by atomic mass is 16.2. The van der Waals surface area contributed by atoms with Gasteiger partial charge < -0.3 is 9.47 Å². The molecular formula is C14H20N4O. The molecule has 0 saturated carbocycles. The Morgan fingerprint density at radius 3 is 3.00 bits per heavy atom. The number of aromatic nitrogens is 3. The minimum absolute atomic E-state index is 0.171. The maximum absolute atomic E-state index is 12.5. The third-order valence-corrected chi connectivity index (χ3v) is 4.08. The van der Waals surface area contributed by atoms with Crippen molar-refractivity contribution in [3.8, 4) is 0 Å². The molecule has 1 atom stereocenters. The van der Waals surface area contributed by atoms with Gasteiger partial charge in [-0.05, 0) is 19.3 Å². The molecular weight excluding hydrogens is 240 g/mol. The zero-order valence-corrected chi connectivity index (χ0v) is 11.4. The lowest BCUT2D eigenvalue weighted by atomic mass is 9.93. The standard InChI is InChI=1S/C14H20N4O/c1-2-12-15-16-13-10-17(8-9-18(12)13)14(19)11-6-4-3-5-7-11/h3-4,11H,2,5-10H2,1H3. The van der Waals surface area contributed by atoms with Crippen molar-refractivity contribution in [1.82, 2.24) is 19.7 Å². The number of nitrogens with zero attached hydrogens (tertiary/aromatic N) is 4. The van der Waals surface area contributed by atoms with E-state index in [0.29, 0.717) is 6.54 Å². The van der Waals surface area contributed by atoms with Gasteiger partial charge in [0.2, 0.25) is 5.91 Å². The molecule has 0 bridgehead atoms. The molecule has 0 fully saturated rings. The Morgan fingerprint density at radius 1 is 1.37 bits per heavy atom. The van der Waals surface area contributed by atoms with Crippen LogP contribution in [-0.2, 0) is 24.3 Å². The highest BCUT2D eigenvalue weighted by Gasteiger charge is 2.28. The molecule has 0 saturated heterocycles. The topological polar surface area (TPSA) is 51.0 Å². The number of hydrogen-bond donors (Lipinski definition) is 0. The van der Waals surface area contributed by atoms with Gasteiger partial charge in [0.05, 0.1) is 6.54 Å². The van der Waals surface area contributed by atoms with Gasteiger partial charge in [-0.1, -0.05) is 19.1 Å². The minimum Gasteiger partial charge on any atom is -0.333 e. The third-order valence-electron chi connectivity index (χ3n) is 4.08. The Bertz CT molecular complexity index is 506. The van der Waals surface area contributed by atoms with E-state index >= 15 is 0 Å². The van der Waals surface area contributed by atoms with E-state index in [9.17, 15) is 4.79 Å². The van der Waals surface area contributed by atoms with E-state index in [1.165, 1.54) is 0 Å². The molecule has 5 heteroatoms. The van der Waals surface area contributed by atoms with Crippen LogP contribution in [0.4, 0.5) is 0 Å². The Hall–Kier alpha value is -1.65. The van der Waals surface area contributed by atoms with Crippen LogP contribution >= 0.6 is 0 Å². The molecule has 0 N–H and O–H groups in total. The molecule has 1 unspecified atom stereocenters. The fraction of sp³-hybridized carbons (Fsp3) is 0.643. The van der Waals surface area contributed by atoms with Crippen LogP contribution in [0.5, 0.6) is 0 Å². The normalized spacial score (nSPS) is 22.4. The van der Waals surface area contributed by atoms with E-state index in [1.54, 1.807) is 0 Å². The molecule has 0 aromatic carbocycles. The van der Waals surface area contributed by atoms with E-state index in [4.69, 9.17) is 0 Å². The van der Waals surface area contributed by atoms with Gasteiger partial charge in [-0.2, -0.15) is 0 Å². The minimum atomic E-state index is 0.171. The Labute approximate surface area is 113 Å². The van der Waals surface area contributed by atoms with Crippen LogP contribution in [0.1, 0.15) is 37.8 Å².